The minimum absolute atomic E-state index is 0.0486. The lowest BCUT2D eigenvalue weighted by Gasteiger charge is -2.30. The van der Waals surface area contributed by atoms with Gasteiger partial charge < -0.3 is 10.2 Å². The molecule has 2 amide bonds. The molecule has 1 unspecified atom stereocenters. The largest absolute Gasteiger partial charge is 0.345 e. The fourth-order valence-corrected chi connectivity index (χ4v) is 2.52. The molecule has 1 fully saturated rings. The molecule has 1 aliphatic heterocycles. The van der Waals surface area contributed by atoms with Crippen molar-refractivity contribution in [3.63, 3.8) is 0 Å². The Morgan fingerprint density at radius 2 is 1.85 bits per heavy atom. The van der Waals surface area contributed by atoms with E-state index in [1.54, 1.807) is 11.8 Å². The van der Waals surface area contributed by atoms with Crippen molar-refractivity contribution in [2.24, 2.45) is 0 Å². The first-order valence-electron chi connectivity index (χ1n) is 7.01. The van der Waals surface area contributed by atoms with Crippen molar-refractivity contribution in [2.75, 3.05) is 11.4 Å². The van der Waals surface area contributed by atoms with Crippen LogP contribution in [0.3, 0.4) is 0 Å². The summed E-state index contributed by atoms with van der Waals surface area (Å²) in [5.74, 6) is -0.117. The third-order valence-corrected chi connectivity index (χ3v) is 3.58. The molecule has 1 aromatic rings. The second kappa shape index (κ2) is 5.27. The van der Waals surface area contributed by atoms with Gasteiger partial charge in [-0.3, -0.25) is 9.59 Å². The van der Waals surface area contributed by atoms with Crippen molar-refractivity contribution >= 4 is 17.5 Å². The molecule has 0 bridgehead atoms. The van der Waals surface area contributed by atoms with E-state index in [0.717, 1.165) is 11.3 Å². The minimum atomic E-state index is -0.474. The third kappa shape index (κ3) is 2.84. The molecule has 108 valence electrons. The smallest absolute Gasteiger partial charge is 0.249 e. The summed E-state index contributed by atoms with van der Waals surface area (Å²) in [4.78, 5) is 25.8. The number of carbonyl (C=O) groups excluding carboxylic acids is 2. The van der Waals surface area contributed by atoms with Gasteiger partial charge in [-0.15, -0.1) is 0 Å². The number of para-hydroxylation sites is 1. The molecule has 0 saturated carbocycles. The summed E-state index contributed by atoms with van der Waals surface area (Å²) < 4.78 is 0. The van der Waals surface area contributed by atoms with E-state index in [1.807, 2.05) is 24.3 Å². The monoisotopic (exact) mass is 274 g/mol. The van der Waals surface area contributed by atoms with Gasteiger partial charge in [-0.2, -0.15) is 0 Å². The Morgan fingerprint density at radius 1 is 1.20 bits per heavy atom. The van der Waals surface area contributed by atoms with Crippen LogP contribution in [0.2, 0.25) is 0 Å². The lowest BCUT2D eigenvalue weighted by Crippen LogP contribution is -2.43. The highest BCUT2D eigenvalue weighted by molar-refractivity contribution is 6.01. The van der Waals surface area contributed by atoms with Crippen LogP contribution in [0.4, 0.5) is 5.69 Å². The number of benzene rings is 1. The van der Waals surface area contributed by atoms with E-state index in [9.17, 15) is 9.59 Å². The molecule has 4 nitrogen and oxygen atoms in total. The predicted molar refractivity (Wildman–Crippen MR) is 79.7 cm³/mol. The fourth-order valence-electron chi connectivity index (χ4n) is 2.52. The van der Waals surface area contributed by atoms with Crippen molar-refractivity contribution in [3.05, 3.63) is 29.8 Å². The van der Waals surface area contributed by atoms with Gasteiger partial charge in [-0.1, -0.05) is 39.0 Å². The highest BCUT2D eigenvalue weighted by Crippen LogP contribution is 2.32. The van der Waals surface area contributed by atoms with Gasteiger partial charge in [0.15, 0.2) is 0 Å². The molecule has 0 radical (unpaired) electrons. The molecule has 0 aliphatic carbocycles. The maximum atomic E-state index is 12.5. The molecule has 1 N–H and O–H groups in total. The number of amides is 2. The van der Waals surface area contributed by atoms with Crippen LogP contribution in [0.25, 0.3) is 0 Å². The van der Waals surface area contributed by atoms with Crippen LogP contribution in [0, 0.1) is 0 Å². The van der Waals surface area contributed by atoms with E-state index in [1.165, 1.54) is 0 Å². The first-order valence-corrected chi connectivity index (χ1v) is 7.01. The highest BCUT2D eigenvalue weighted by Gasteiger charge is 2.30. The fraction of sp³-hybridized carbons (Fsp3) is 0.500. The van der Waals surface area contributed by atoms with Crippen molar-refractivity contribution in [2.45, 2.75) is 45.6 Å². The molecule has 0 spiro atoms. The summed E-state index contributed by atoms with van der Waals surface area (Å²) in [6.45, 7) is 8.54. The van der Waals surface area contributed by atoms with Gasteiger partial charge in [0, 0.05) is 18.7 Å². The van der Waals surface area contributed by atoms with Gasteiger partial charge in [0.2, 0.25) is 11.8 Å². The normalized spacial score (nSPS) is 20.6. The minimum Gasteiger partial charge on any atom is -0.345 e. The standard InChI is InChI=1S/C16H22N2O2/c1-11-15(20)18(10-9-14(19)17-11)13-8-6-5-7-12(13)16(2,3)4/h5-8,11H,9-10H2,1-4H3,(H,17,19). The molecule has 4 heteroatoms. The van der Waals surface area contributed by atoms with E-state index in [2.05, 4.69) is 26.1 Å². The summed E-state index contributed by atoms with van der Waals surface area (Å²) in [6, 6.07) is 7.45. The van der Waals surface area contributed by atoms with Crippen molar-refractivity contribution in [1.82, 2.24) is 5.32 Å². The van der Waals surface area contributed by atoms with E-state index >= 15 is 0 Å². The van der Waals surface area contributed by atoms with Crippen LogP contribution < -0.4 is 10.2 Å². The molecular formula is C16H22N2O2. The molecular weight excluding hydrogens is 252 g/mol. The Labute approximate surface area is 120 Å². The lowest BCUT2D eigenvalue weighted by atomic mass is 9.85. The van der Waals surface area contributed by atoms with Crippen LogP contribution in [0.1, 0.15) is 39.7 Å². The Morgan fingerprint density at radius 3 is 2.50 bits per heavy atom. The van der Waals surface area contributed by atoms with Gasteiger partial charge >= 0.3 is 0 Å². The molecule has 0 aromatic heterocycles. The van der Waals surface area contributed by atoms with E-state index < -0.39 is 6.04 Å². The zero-order valence-corrected chi connectivity index (χ0v) is 12.6. The number of nitrogens with one attached hydrogen (secondary N) is 1. The van der Waals surface area contributed by atoms with Gasteiger partial charge in [0.1, 0.15) is 6.04 Å². The number of carbonyl (C=O) groups is 2. The van der Waals surface area contributed by atoms with Crippen LogP contribution in [0.15, 0.2) is 24.3 Å². The first kappa shape index (κ1) is 14.6. The van der Waals surface area contributed by atoms with E-state index in [-0.39, 0.29) is 17.2 Å². The van der Waals surface area contributed by atoms with Crippen LogP contribution >= 0.6 is 0 Å². The van der Waals surface area contributed by atoms with Gasteiger partial charge in [-0.25, -0.2) is 0 Å². The second-order valence-corrected chi connectivity index (χ2v) is 6.30. The van der Waals surface area contributed by atoms with Crippen LogP contribution in [-0.4, -0.2) is 24.4 Å². The second-order valence-electron chi connectivity index (χ2n) is 6.30. The van der Waals surface area contributed by atoms with Gasteiger partial charge in [0.05, 0.1) is 0 Å². The molecule has 2 rings (SSSR count). The summed E-state index contributed by atoms with van der Waals surface area (Å²) in [6.07, 6.45) is 0.342. The first-order chi connectivity index (χ1) is 9.30. The maximum absolute atomic E-state index is 12.5. The number of nitrogens with zero attached hydrogens (tertiary/aromatic N) is 1. The molecule has 1 aliphatic rings. The van der Waals surface area contributed by atoms with Crippen LogP contribution in [-0.2, 0) is 15.0 Å². The van der Waals surface area contributed by atoms with Crippen molar-refractivity contribution in [1.29, 1.82) is 0 Å². The third-order valence-electron chi connectivity index (χ3n) is 3.58. The SMILES string of the molecule is CC1NC(=O)CCN(c2ccccc2C(C)(C)C)C1=O. The highest BCUT2D eigenvalue weighted by atomic mass is 16.2. The lowest BCUT2D eigenvalue weighted by molar-refractivity contribution is -0.125. The van der Waals surface area contributed by atoms with E-state index in [0.29, 0.717) is 13.0 Å². The average Bonchev–Trinajstić information content (AvgIpc) is 2.49. The number of hydrogen-bond donors (Lipinski definition) is 1. The summed E-state index contributed by atoms with van der Waals surface area (Å²) >= 11 is 0. The number of hydrogen-bond acceptors (Lipinski definition) is 2. The Bertz CT molecular complexity index is 532. The number of anilines is 1. The maximum Gasteiger partial charge on any atom is 0.249 e. The van der Waals surface area contributed by atoms with Gasteiger partial charge in [0.25, 0.3) is 0 Å². The van der Waals surface area contributed by atoms with Crippen molar-refractivity contribution < 1.29 is 9.59 Å². The zero-order valence-electron chi connectivity index (χ0n) is 12.6. The topological polar surface area (TPSA) is 49.4 Å². The van der Waals surface area contributed by atoms with Crippen molar-refractivity contribution in [3.8, 4) is 0 Å². The Hall–Kier alpha value is -1.84. The van der Waals surface area contributed by atoms with Crippen LogP contribution in [0.5, 0.6) is 0 Å². The number of rotatable bonds is 1. The summed E-state index contributed by atoms with van der Waals surface area (Å²) in [5, 5.41) is 2.72. The average molecular weight is 274 g/mol. The quantitative estimate of drug-likeness (QED) is 0.853. The Kier molecular flexibility index (Phi) is 3.84. The molecule has 20 heavy (non-hydrogen) atoms. The van der Waals surface area contributed by atoms with E-state index in [4.69, 9.17) is 0 Å². The summed E-state index contributed by atoms with van der Waals surface area (Å²) in [7, 11) is 0. The summed E-state index contributed by atoms with van der Waals surface area (Å²) in [5.41, 5.74) is 1.98. The Balaban J connectivity index is 2.45. The predicted octanol–water partition coefficient (Wildman–Crippen LogP) is 2.23. The molecule has 1 atom stereocenters. The molecule has 1 heterocycles. The van der Waals surface area contributed by atoms with Gasteiger partial charge in [-0.05, 0) is 24.0 Å². The molecule has 1 aromatic carbocycles. The zero-order chi connectivity index (χ0) is 14.9. The molecule has 1 saturated heterocycles.